The Hall–Kier alpha value is -2.88. The average molecular weight is 399 g/mol. The van der Waals surface area contributed by atoms with E-state index in [2.05, 4.69) is 15.3 Å². The van der Waals surface area contributed by atoms with Crippen molar-refractivity contribution in [2.75, 3.05) is 5.32 Å². The molecule has 0 atom stereocenters. The van der Waals surface area contributed by atoms with Crippen LogP contribution in [-0.4, -0.2) is 15.9 Å². The van der Waals surface area contributed by atoms with Crippen LogP contribution in [0.15, 0.2) is 35.7 Å². The molecule has 1 amide bonds. The molecule has 0 unspecified atom stereocenters. The molecule has 3 rings (SSSR count). The van der Waals surface area contributed by atoms with Gasteiger partial charge in [0, 0.05) is 17.1 Å². The van der Waals surface area contributed by atoms with E-state index in [1.807, 2.05) is 0 Å². The van der Waals surface area contributed by atoms with E-state index in [4.69, 9.17) is 0 Å². The second-order valence-electron chi connectivity index (χ2n) is 5.53. The first-order chi connectivity index (χ1) is 12.6. The number of amides is 1. The van der Waals surface area contributed by atoms with Crippen molar-refractivity contribution in [1.29, 1.82) is 0 Å². The van der Waals surface area contributed by atoms with E-state index in [0.29, 0.717) is 28.7 Å². The van der Waals surface area contributed by atoms with Gasteiger partial charge in [0.05, 0.1) is 0 Å². The van der Waals surface area contributed by atoms with E-state index >= 15 is 0 Å². The van der Waals surface area contributed by atoms with Gasteiger partial charge in [0.15, 0.2) is 10.8 Å². The summed E-state index contributed by atoms with van der Waals surface area (Å²) in [6.45, 7) is 1.57. The first kappa shape index (κ1) is 18.9. The quantitative estimate of drug-likeness (QED) is 0.626. The van der Waals surface area contributed by atoms with Gasteiger partial charge < -0.3 is 0 Å². The molecule has 27 heavy (non-hydrogen) atoms. The number of halogens is 5. The fourth-order valence-corrected chi connectivity index (χ4v) is 3.01. The molecule has 0 saturated heterocycles. The summed E-state index contributed by atoms with van der Waals surface area (Å²) in [5.74, 6) is -2.36. The number of alkyl halides is 3. The van der Waals surface area contributed by atoms with Crippen molar-refractivity contribution in [3.05, 3.63) is 64.4 Å². The summed E-state index contributed by atoms with van der Waals surface area (Å²) >= 11 is 0.618. The maximum Gasteiger partial charge on any atom is 0.434 e. The maximum absolute atomic E-state index is 13.4. The van der Waals surface area contributed by atoms with Crippen LogP contribution in [0.3, 0.4) is 0 Å². The lowest BCUT2D eigenvalue weighted by molar-refractivity contribution is -0.140. The highest BCUT2D eigenvalue weighted by Gasteiger charge is 2.34. The van der Waals surface area contributed by atoms with Crippen LogP contribution in [0, 0.1) is 18.6 Å². The SMILES string of the molecule is Cc1cc(-c2cc(F)cc(F)c2)cc(C(=O)Nc2nc(C(F)(F)F)cs2)n1. The number of thiazole rings is 1. The molecule has 4 nitrogen and oxygen atoms in total. The van der Waals surface area contributed by atoms with Gasteiger partial charge in [-0.05, 0) is 42.3 Å². The second kappa shape index (κ2) is 7.03. The first-order valence-corrected chi connectivity index (χ1v) is 8.29. The highest BCUT2D eigenvalue weighted by Crippen LogP contribution is 2.32. The van der Waals surface area contributed by atoms with Crippen molar-refractivity contribution in [3.63, 3.8) is 0 Å². The number of anilines is 1. The highest BCUT2D eigenvalue weighted by atomic mass is 32.1. The van der Waals surface area contributed by atoms with Crippen LogP contribution < -0.4 is 5.32 Å². The number of hydrogen-bond donors (Lipinski definition) is 1. The number of nitrogens with zero attached hydrogens (tertiary/aromatic N) is 2. The van der Waals surface area contributed by atoms with Crippen LogP contribution >= 0.6 is 11.3 Å². The van der Waals surface area contributed by atoms with E-state index in [-0.39, 0.29) is 16.4 Å². The van der Waals surface area contributed by atoms with Crippen molar-refractivity contribution in [1.82, 2.24) is 9.97 Å². The van der Waals surface area contributed by atoms with Crippen molar-refractivity contribution < 1.29 is 26.7 Å². The predicted molar refractivity (Wildman–Crippen MR) is 89.4 cm³/mol. The van der Waals surface area contributed by atoms with Gasteiger partial charge in [-0.25, -0.2) is 18.7 Å². The van der Waals surface area contributed by atoms with Crippen LogP contribution in [-0.2, 0) is 6.18 Å². The van der Waals surface area contributed by atoms with Crippen LogP contribution in [0.25, 0.3) is 11.1 Å². The smallest absolute Gasteiger partial charge is 0.296 e. The van der Waals surface area contributed by atoms with E-state index in [9.17, 15) is 26.7 Å². The molecule has 1 aromatic carbocycles. The Morgan fingerprint density at radius 2 is 1.63 bits per heavy atom. The third-order valence-electron chi connectivity index (χ3n) is 3.40. The third kappa shape index (κ3) is 4.45. The van der Waals surface area contributed by atoms with Crippen molar-refractivity contribution in [2.45, 2.75) is 13.1 Å². The van der Waals surface area contributed by atoms with Gasteiger partial charge in [0.2, 0.25) is 0 Å². The molecular weight excluding hydrogens is 389 g/mol. The number of pyridine rings is 1. The summed E-state index contributed by atoms with van der Waals surface area (Å²) < 4.78 is 64.6. The fraction of sp³-hybridized carbons (Fsp3) is 0.118. The summed E-state index contributed by atoms with van der Waals surface area (Å²) in [4.78, 5) is 19.6. The van der Waals surface area contributed by atoms with Gasteiger partial charge in [-0.2, -0.15) is 13.2 Å². The number of aromatic nitrogens is 2. The highest BCUT2D eigenvalue weighted by molar-refractivity contribution is 7.14. The Balaban J connectivity index is 1.89. The molecule has 1 N–H and O–H groups in total. The number of benzene rings is 1. The number of carbonyl (C=O) groups is 1. The molecule has 0 radical (unpaired) electrons. The zero-order valence-corrected chi connectivity index (χ0v) is 14.4. The maximum atomic E-state index is 13.4. The molecule has 0 aliphatic carbocycles. The van der Waals surface area contributed by atoms with Crippen LogP contribution in [0.1, 0.15) is 21.9 Å². The van der Waals surface area contributed by atoms with Gasteiger partial charge in [-0.15, -0.1) is 11.3 Å². The lowest BCUT2D eigenvalue weighted by Gasteiger charge is -2.08. The lowest BCUT2D eigenvalue weighted by atomic mass is 10.0. The largest absolute Gasteiger partial charge is 0.434 e. The Bertz CT molecular complexity index is 996. The normalized spacial score (nSPS) is 11.5. The predicted octanol–water partition coefficient (Wildman–Crippen LogP) is 5.06. The van der Waals surface area contributed by atoms with Crippen LogP contribution in [0.5, 0.6) is 0 Å². The van der Waals surface area contributed by atoms with Gasteiger partial charge in [0.1, 0.15) is 17.3 Å². The lowest BCUT2D eigenvalue weighted by Crippen LogP contribution is -2.15. The van der Waals surface area contributed by atoms with Crippen molar-refractivity contribution in [2.24, 2.45) is 0 Å². The van der Waals surface area contributed by atoms with Gasteiger partial charge >= 0.3 is 6.18 Å². The minimum atomic E-state index is -4.62. The molecule has 0 saturated carbocycles. The number of rotatable bonds is 3. The molecule has 0 aliphatic rings. The molecule has 10 heteroatoms. The molecule has 0 bridgehead atoms. The molecule has 3 aromatic rings. The van der Waals surface area contributed by atoms with E-state index in [1.54, 1.807) is 6.92 Å². The van der Waals surface area contributed by atoms with Crippen molar-refractivity contribution >= 4 is 22.4 Å². The zero-order chi connectivity index (χ0) is 19.8. The molecule has 140 valence electrons. The van der Waals surface area contributed by atoms with Crippen LogP contribution in [0.4, 0.5) is 27.1 Å². The van der Waals surface area contributed by atoms with Gasteiger partial charge in [-0.3, -0.25) is 10.1 Å². The topological polar surface area (TPSA) is 54.9 Å². The van der Waals surface area contributed by atoms with E-state index in [1.165, 1.54) is 12.1 Å². The van der Waals surface area contributed by atoms with E-state index in [0.717, 1.165) is 17.5 Å². The summed E-state index contributed by atoms with van der Waals surface area (Å²) in [6.07, 6.45) is -4.62. The minimum Gasteiger partial charge on any atom is -0.296 e. The Labute approximate surface area is 153 Å². The molecule has 2 heterocycles. The average Bonchev–Trinajstić information content (AvgIpc) is 3.02. The van der Waals surface area contributed by atoms with Crippen LogP contribution in [0.2, 0.25) is 0 Å². The standard InChI is InChI=1S/C17H10F5N3OS/c1-8-2-9(10-3-11(18)6-12(19)4-10)5-13(23-8)15(26)25-16-24-14(7-27-16)17(20,21)22/h2-7H,1H3,(H,24,25,26). The Kier molecular flexibility index (Phi) is 4.92. The monoisotopic (exact) mass is 399 g/mol. The molecular formula is C17H10F5N3OS. The summed E-state index contributed by atoms with van der Waals surface area (Å²) in [7, 11) is 0. The number of carbonyl (C=O) groups excluding carboxylic acids is 1. The van der Waals surface area contributed by atoms with Crippen molar-refractivity contribution in [3.8, 4) is 11.1 Å². The first-order valence-electron chi connectivity index (χ1n) is 7.41. The minimum absolute atomic E-state index is 0.126. The molecule has 0 aliphatic heterocycles. The molecule has 0 spiro atoms. The number of nitrogens with one attached hydrogen (secondary N) is 1. The van der Waals surface area contributed by atoms with Gasteiger partial charge in [-0.1, -0.05) is 0 Å². The zero-order valence-electron chi connectivity index (χ0n) is 13.6. The van der Waals surface area contributed by atoms with E-state index < -0.39 is 29.4 Å². The Morgan fingerprint density at radius 1 is 1.00 bits per heavy atom. The number of aryl methyl sites for hydroxylation is 1. The molecule has 2 aromatic heterocycles. The van der Waals surface area contributed by atoms with Gasteiger partial charge in [0.25, 0.3) is 5.91 Å². The summed E-state index contributed by atoms with van der Waals surface area (Å²) in [5.41, 5.74) is -0.325. The Morgan fingerprint density at radius 3 is 2.22 bits per heavy atom. The fourth-order valence-electron chi connectivity index (χ4n) is 2.29. The number of hydrogen-bond acceptors (Lipinski definition) is 4. The summed E-state index contributed by atoms with van der Waals surface area (Å²) in [6, 6.07) is 5.71. The third-order valence-corrected chi connectivity index (χ3v) is 4.15. The second-order valence-corrected chi connectivity index (χ2v) is 6.39. The summed E-state index contributed by atoms with van der Waals surface area (Å²) in [5, 5.41) is 2.77. The molecule has 0 fully saturated rings.